The van der Waals surface area contributed by atoms with Crippen LogP contribution in [-0.2, 0) is 40.6 Å². The average molecular weight is 517 g/mol. The van der Waals surface area contributed by atoms with Crippen molar-refractivity contribution in [1.29, 1.82) is 0 Å². The second-order valence-electron chi connectivity index (χ2n) is 9.11. The first-order valence-electron chi connectivity index (χ1n) is 13.0. The Hall–Kier alpha value is -3.56. The largest absolute Gasteiger partial charge is 0.480 e. The molecule has 2 N–H and O–H groups in total. The number of H-pyrrole nitrogens is 1. The maximum atomic E-state index is 13.9. The zero-order valence-corrected chi connectivity index (χ0v) is 21.7. The first kappa shape index (κ1) is 28.0. The van der Waals surface area contributed by atoms with Gasteiger partial charge < -0.3 is 24.3 Å². The molecule has 1 aliphatic rings. The smallest absolute Gasteiger partial charge is 0.412 e. The van der Waals surface area contributed by atoms with Gasteiger partial charge in [-0.25, -0.2) is 19.2 Å². The van der Waals surface area contributed by atoms with E-state index in [4.69, 9.17) is 14.2 Å². The van der Waals surface area contributed by atoms with Crippen molar-refractivity contribution in [3.05, 3.63) is 35.5 Å². The number of esters is 2. The number of nitrogens with zero attached hydrogens (tertiary/aromatic N) is 1. The second-order valence-corrected chi connectivity index (χ2v) is 9.11. The normalized spacial score (nSPS) is 16.2. The molecule has 1 aromatic heterocycles. The molecule has 1 amide bonds. The van der Waals surface area contributed by atoms with Crippen LogP contribution < -0.4 is 0 Å². The van der Waals surface area contributed by atoms with E-state index in [1.807, 2.05) is 20.8 Å². The number of hydrogen-bond acceptors (Lipinski definition) is 7. The maximum Gasteiger partial charge on any atom is 0.412 e. The summed E-state index contributed by atoms with van der Waals surface area (Å²) in [5.41, 5.74) is -1.41. The molecule has 0 bridgehead atoms. The summed E-state index contributed by atoms with van der Waals surface area (Å²) in [6.07, 6.45) is 2.52. The molecular weight excluding hydrogens is 480 g/mol. The van der Waals surface area contributed by atoms with Gasteiger partial charge in [0.1, 0.15) is 6.04 Å². The molecule has 0 radical (unpaired) electrons. The van der Waals surface area contributed by atoms with E-state index >= 15 is 0 Å². The molecule has 0 saturated heterocycles. The molecule has 2 heterocycles. The van der Waals surface area contributed by atoms with Crippen LogP contribution in [0.15, 0.2) is 24.3 Å². The fourth-order valence-electron chi connectivity index (χ4n) is 4.51. The van der Waals surface area contributed by atoms with Gasteiger partial charge in [-0.15, -0.1) is 0 Å². The number of carboxylic acids is 1. The van der Waals surface area contributed by atoms with Gasteiger partial charge in [-0.1, -0.05) is 58.2 Å². The Morgan fingerprint density at radius 3 is 2.00 bits per heavy atom. The first-order valence-corrected chi connectivity index (χ1v) is 13.0. The van der Waals surface area contributed by atoms with E-state index in [-0.39, 0.29) is 31.9 Å². The highest BCUT2D eigenvalue weighted by atomic mass is 16.6. The Kier molecular flexibility index (Phi) is 9.54. The van der Waals surface area contributed by atoms with Crippen molar-refractivity contribution >= 4 is 34.9 Å². The van der Waals surface area contributed by atoms with Crippen molar-refractivity contribution in [2.45, 2.75) is 77.3 Å². The number of unbranched alkanes of at least 4 members (excludes halogenated alkanes) is 3. The Bertz CT molecular complexity index is 1100. The minimum atomic E-state index is -2.51. The third kappa shape index (κ3) is 5.42. The summed E-state index contributed by atoms with van der Waals surface area (Å²) in [7, 11) is 0. The molecule has 1 unspecified atom stereocenters. The fourth-order valence-corrected chi connectivity index (χ4v) is 4.51. The van der Waals surface area contributed by atoms with E-state index in [2.05, 4.69) is 4.98 Å². The van der Waals surface area contributed by atoms with E-state index in [1.165, 1.54) is 0 Å². The number of carbonyl (C=O) groups excluding carboxylic acids is 3. The van der Waals surface area contributed by atoms with Gasteiger partial charge in [0.25, 0.3) is 5.54 Å². The van der Waals surface area contributed by atoms with Crippen LogP contribution in [0.4, 0.5) is 4.79 Å². The molecule has 0 spiro atoms. The summed E-state index contributed by atoms with van der Waals surface area (Å²) in [5.74, 6) is -3.53. The van der Waals surface area contributed by atoms with Crippen LogP contribution in [0.2, 0.25) is 0 Å². The van der Waals surface area contributed by atoms with E-state index < -0.39 is 35.6 Å². The molecule has 37 heavy (non-hydrogen) atoms. The number of hydrogen-bond donors (Lipinski definition) is 2. The quantitative estimate of drug-likeness (QED) is 0.185. The number of nitrogens with one attached hydrogen (secondary N) is 1. The van der Waals surface area contributed by atoms with Crippen molar-refractivity contribution in [1.82, 2.24) is 9.88 Å². The number of ether oxygens (including phenoxy) is 3. The molecule has 1 atom stereocenters. The van der Waals surface area contributed by atoms with Crippen LogP contribution in [0.1, 0.15) is 70.6 Å². The van der Waals surface area contributed by atoms with Gasteiger partial charge in [0.15, 0.2) is 0 Å². The van der Waals surface area contributed by atoms with Gasteiger partial charge >= 0.3 is 24.0 Å². The minimum absolute atomic E-state index is 0.00355. The highest BCUT2D eigenvalue weighted by Crippen LogP contribution is 2.44. The molecular formula is C27H36N2O8. The number of amides is 1. The lowest BCUT2D eigenvalue weighted by atomic mass is 9.81. The van der Waals surface area contributed by atoms with Crippen molar-refractivity contribution < 1.29 is 38.5 Å². The number of fused-ring (bicyclic) bond motifs is 3. The van der Waals surface area contributed by atoms with Crippen molar-refractivity contribution in [2.24, 2.45) is 0 Å². The number of para-hydroxylation sites is 1. The van der Waals surface area contributed by atoms with E-state index in [9.17, 15) is 24.3 Å². The minimum Gasteiger partial charge on any atom is -0.480 e. The summed E-state index contributed by atoms with van der Waals surface area (Å²) in [6, 6.07) is 5.50. The number of carbonyl (C=O) groups is 4. The van der Waals surface area contributed by atoms with Gasteiger partial charge in [0.2, 0.25) is 0 Å². The van der Waals surface area contributed by atoms with Crippen LogP contribution in [0.25, 0.3) is 10.9 Å². The van der Waals surface area contributed by atoms with Crippen LogP contribution in [-0.4, -0.2) is 64.9 Å². The van der Waals surface area contributed by atoms with Crippen molar-refractivity contribution in [2.75, 3.05) is 19.8 Å². The topological polar surface area (TPSA) is 135 Å². The predicted molar refractivity (Wildman–Crippen MR) is 135 cm³/mol. The van der Waals surface area contributed by atoms with Crippen LogP contribution >= 0.6 is 0 Å². The van der Waals surface area contributed by atoms with E-state index in [0.29, 0.717) is 40.6 Å². The Morgan fingerprint density at radius 1 is 0.919 bits per heavy atom. The number of benzene rings is 1. The monoisotopic (exact) mass is 516 g/mol. The number of aliphatic carboxylic acids is 1. The predicted octanol–water partition coefficient (Wildman–Crippen LogP) is 4.30. The van der Waals surface area contributed by atoms with Gasteiger partial charge in [-0.3, -0.25) is 4.90 Å². The number of carboxylic acid groups (broad SMARTS) is 1. The van der Waals surface area contributed by atoms with Crippen LogP contribution in [0.5, 0.6) is 0 Å². The summed E-state index contributed by atoms with van der Waals surface area (Å²) in [6.45, 7) is 5.72. The van der Waals surface area contributed by atoms with Crippen LogP contribution in [0.3, 0.4) is 0 Å². The molecule has 3 rings (SSSR count). The van der Waals surface area contributed by atoms with E-state index in [1.54, 1.807) is 24.3 Å². The van der Waals surface area contributed by atoms with Gasteiger partial charge in [0, 0.05) is 17.3 Å². The molecule has 1 aromatic carbocycles. The third-order valence-corrected chi connectivity index (χ3v) is 6.50. The molecule has 202 valence electrons. The summed E-state index contributed by atoms with van der Waals surface area (Å²) in [5, 5.41) is 10.9. The summed E-state index contributed by atoms with van der Waals surface area (Å²) >= 11 is 0. The lowest BCUT2D eigenvalue weighted by molar-refractivity contribution is -0.181. The van der Waals surface area contributed by atoms with Crippen LogP contribution in [0, 0.1) is 0 Å². The standard InChI is InChI=1S/C27H36N2O8/c1-4-7-14-35-24(32)27(25(33)36-15-8-5-2)22-19(18-12-10-11-13-20(18)28-22)17-21(23(30)31)29(27)26(34)37-16-9-6-3/h10-13,21,28H,4-9,14-17H2,1-3H3,(H,30,31). The number of rotatable bonds is 12. The zero-order chi connectivity index (χ0) is 27.0. The summed E-state index contributed by atoms with van der Waals surface area (Å²) in [4.78, 5) is 57.8. The highest BCUT2D eigenvalue weighted by molar-refractivity contribution is 6.10. The third-order valence-electron chi connectivity index (χ3n) is 6.50. The second kappa shape index (κ2) is 12.6. The SMILES string of the molecule is CCCCOC(=O)N1C(C(=O)O)Cc2c([nH]c3ccccc23)C1(C(=O)OCCCC)C(=O)OCCCC. The number of aromatic nitrogens is 1. The average Bonchev–Trinajstić information content (AvgIpc) is 3.26. The van der Waals surface area contributed by atoms with Crippen molar-refractivity contribution in [3.8, 4) is 0 Å². The highest BCUT2D eigenvalue weighted by Gasteiger charge is 2.65. The first-order chi connectivity index (χ1) is 17.8. The van der Waals surface area contributed by atoms with E-state index in [0.717, 1.165) is 19.3 Å². The molecule has 0 aliphatic carbocycles. The lowest BCUT2D eigenvalue weighted by Crippen LogP contribution is -2.68. The zero-order valence-electron chi connectivity index (χ0n) is 21.7. The summed E-state index contributed by atoms with van der Waals surface area (Å²) < 4.78 is 16.5. The molecule has 0 fully saturated rings. The van der Waals surface area contributed by atoms with Gasteiger partial charge in [0.05, 0.1) is 25.5 Å². The molecule has 10 nitrogen and oxygen atoms in total. The molecule has 0 saturated carbocycles. The van der Waals surface area contributed by atoms with Gasteiger partial charge in [-0.05, 0) is 30.9 Å². The Morgan fingerprint density at radius 2 is 1.46 bits per heavy atom. The lowest BCUT2D eigenvalue weighted by Gasteiger charge is -2.44. The fraction of sp³-hybridized carbons (Fsp3) is 0.556. The molecule has 1 aliphatic heterocycles. The maximum absolute atomic E-state index is 13.9. The molecule has 10 heteroatoms. The van der Waals surface area contributed by atoms with Gasteiger partial charge in [-0.2, -0.15) is 0 Å². The van der Waals surface area contributed by atoms with Crippen molar-refractivity contribution in [3.63, 3.8) is 0 Å². The number of aromatic amines is 1. The Balaban J connectivity index is 2.29. The Labute approximate surface area is 216 Å². The molecule has 2 aromatic rings.